The Morgan fingerprint density at radius 1 is 1.10 bits per heavy atom. The third-order valence-corrected chi connectivity index (χ3v) is 4.39. The molecule has 1 N–H and O–H groups in total. The summed E-state index contributed by atoms with van der Waals surface area (Å²) in [6, 6.07) is 13.0. The molecular weight excluding hydrogens is 372 g/mol. The van der Waals surface area contributed by atoms with Crippen LogP contribution in [0.25, 0.3) is 11.3 Å². The first-order valence-electron chi connectivity index (χ1n) is 8.99. The third-order valence-electron chi connectivity index (χ3n) is 4.39. The Balaban J connectivity index is 1.95. The number of carbonyl (C=O) groups is 1. The van der Waals surface area contributed by atoms with E-state index in [0.29, 0.717) is 23.0 Å². The highest BCUT2D eigenvalue weighted by molar-refractivity contribution is 5.92. The summed E-state index contributed by atoms with van der Waals surface area (Å²) in [6.45, 7) is 3.43. The van der Waals surface area contributed by atoms with Crippen molar-refractivity contribution in [2.75, 3.05) is 19.5 Å². The minimum atomic E-state index is -0.854. The van der Waals surface area contributed by atoms with Crippen LogP contribution >= 0.6 is 0 Å². The minimum Gasteiger partial charge on any atom is -0.497 e. The lowest BCUT2D eigenvalue weighted by Gasteiger charge is -2.16. The number of ether oxygens (including phenoxy) is 2. The molecule has 0 saturated heterocycles. The van der Waals surface area contributed by atoms with Crippen LogP contribution in [0.15, 0.2) is 53.3 Å². The molecule has 0 aliphatic carbocycles. The van der Waals surface area contributed by atoms with Gasteiger partial charge in [-0.15, -0.1) is 0 Å². The summed E-state index contributed by atoms with van der Waals surface area (Å²) in [6.07, 6.45) is 0. The van der Waals surface area contributed by atoms with Crippen molar-refractivity contribution in [1.29, 1.82) is 0 Å². The molecule has 0 spiro atoms. The molecule has 0 saturated carbocycles. The number of hydrogen-bond acceptors (Lipinski definition) is 6. The van der Waals surface area contributed by atoms with Gasteiger partial charge in [-0.1, -0.05) is 6.07 Å². The molecule has 2 heterocycles. The van der Waals surface area contributed by atoms with Crippen LogP contribution in [-0.2, 0) is 4.79 Å². The summed E-state index contributed by atoms with van der Waals surface area (Å²) in [4.78, 5) is 29.5. The zero-order chi connectivity index (χ0) is 21.0. The Hall–Kier alpha value is -3.68. The Morgan fingerprint density at radius 3 is 2.45 bits per heavy atom. The number of rotatable bonds is 6. The summed E-state index contributed by atoms with van der Waals surface area (Å²) in [5, 5.41) is 7.12. The van der Waals surface area contributed by atoms with Crippen molar-refractivity contribution in [3.63, 3.8) is 0 Å². The first kappa shape index (κ1) is 20.1. The number of carbonyl (C=O) groups excluding carboxylic acids is 1. The van der Waals surface area contributed by atoms with Gasteiger partial charge in [0, 0.05) is 17.3 Å². The highest BCUT2D eigenvalue weighted by Crippen LogP contribution is 2.28. The summed E-state index contributed by atoms with van der Waals surface area (Å²) in [7, 11) is 3.05. The van der Waals surface area contributed by atoms with Gasteiger partial charge in [0.05, 0.1) is 14.2 Å². The fourth-order valence-electron chi connectivity index (χ4n) is 2.79. The topological polar surface area (TPSA) is 95.3 Å². The number of anilines is 1. The predicted octanol–water partition coefficient (Wildman–Crippen LogP) is 2.83. The molecule has 150 valence electrons. The Labute approximate surface area is 168 Å². The molecule has 8 nitrogen and oxygen atoms in total. The maximum atomic E-state index is 12.7. The van der Waals surface area contributed by atoms with Crippen molar-refractivity contribution in [2.24, 2.45) is 0 Å². The summed E-state index contributed by atoms with van der Waals surface area (Å²) in [5.74, 6) is 1.03. The maximum Gasteiger partial charge on any atom is 0.271 e. The summed E-state index contributed by atoms with van der Waals surface area (Å²) >= 11 is 0. The predicted molar refractivity (Wildman–Crippen MR) is 109 cm³/mol. The Kier molecular flexibility index (Phi) is 5.92. The SMILES string of the molecule is COc1ccc(-c2nn([C@H](C)C(=O)Nc3cccc(C)n3)c(=O)cc2OC)cc1. The average molecular weight is 394 g/mol. The number of pyridine rings is 1. The van der Waals surface area contributed by atoms with Crippen LogP contribution in [0.4, 0.5) is 5.82 Å². The van der Waals surface area contributed by atoms with E-state index in [1.54, 1.807) is 50.4 Å². The normalized spacial score (nSPS) is 11.6. The van der Waals surface area contributed by atoms with Crippen molar-refractivity contribution in [3.05, 3.63) is 64.6 Å². The molecule has 3 rings (SSSR count). The molecule has 1 atom stereocenters. The van der Waals surface area contributed by atoms with Crippen molar-refractivity contribution < 1.29 is 14.3 Å². The van der Waals surface area contributed by atoms with E-state index in [9.17, 15) is 9.59 Å². The lowest BCUT2D eigenvalue weighted by Crippen LogP contribution is -2.33. The van der Waals surface area contributed by atoms with E-state index in [2.05, 4.69) is 15.4 Å². The van der Waals surface area contributed by atoms with Gasteiger partial charge in [-0.25, -0.2) is 9.67 Å². The standard InChI is InChI=1S/C21H22N4O4/c1-13-6-5-7-18(22-13)23-21(27)14(2)25-19(26)12-17(29-4)20(24-25)15-8-10-16(28-3)11-9-15/h5-12,14H,1-4H3,(H,22,23,27)/t14-/m1/s1. The van der Waals surface area contributed by atoms with Crippen LogP contribution in [0.2, 0.25) is 0 Å². The van der Waals surface area contributed by atoms with Gasteiger partial charge >= 0.3 is 0 Å². The van der Waals surface area contributed by atoms with E-state index in [-0.39, 0.29) is 0 Å². The molecule has 29 heavy (non-hydrogen) atoms. The van der Waals surface area contributed by atoms with Crippen LogP contribution in [0.3, 0.4) is 0 Å². The van der Waals surface area contributed by atoms with E-state index in [1.807, 2.05) is 13.0 Å². The molecule has 2 aromatic heterocycles. The number of hydrogen-bond donors (Lipinski definition) is 1. The molecule has 1 amide bonds. The summed E-state index contributed by atoms with van der Waals surface area (Å²) in [5.41, 5.74) is 1.50. The number of nitrogens with one attached hydrogen (secondary N) is 1. The zero-order valence-corrected chi connectivity index (χ0v) is 16.7. The van der Waals surface area contributed by atoms with Crippen LogP contribution < -0.4 is 20.3 Å². The second-order valence-corrected chi connectivity index (χ2v) is 6.40. The highest BCUT2D eigenvalue weighted by atomic mass is 16.5. The minimum absolute atomic E-state index is 0.323. The van der Waals surface area contributed by atoms with Gasteiger partial charge in [-0.3, -0.25) is 9.59 Å². The maximum absolute atomic E-state index is 12.7. The number of aromatic nitrogens is 3. The van der Waals surface area contributed by atoms with Gasteiger partial charge in [-0.05, 0) is 50.2 Å². The van der Waals surface area contributed by atoms with E-state index in [0.717, 1.165) is 15.9 Å². The van der Waals surface area contributed by atoms with Gasteiger partial charge in [0.25, 0.3) is 5.56 Å². The monoisotopic (exact) mass is 394 g/mol. The molecular formula is C21H22N4O4. The lowest BCUT2D eigenvalue weighted by atomic mass is 10.1. The van der Waals surface area contributed by atoms with Gasteiger partial charge in [-0.2, -0.15) is 5.10 Å². The quantitative estimate of drug-likeness (QED) is 0.691. The molecule has 0 unspecified atom stereocenters. The van der Waals surface area contributed by atoms with Gasteiger partial charge in [0.1, 0.15) is 23.3 Å². The Morgan fingerprint density at radius 2 is 1.83 bits per heavy atom. The lowest BCUT2D eigenvalue weighted by molar-refractivity contribution is -0.119. The van der Waals surface area contributed by atoms with Crippen molar-refractivity contribution in [1.82, 2.24) is 14.8 Å². The molecule has 0 bridgehead atoms. The molecule has 0 aliphatic heterocycles. The fraction of sp³-hybridized carbons (Fsp3) is 0.238. The molecule has 1 aromatic carbocycles. The Bertz CT molecular complexity index is 1080. The number of benzene rings is 1. The summed E-state index contributed by atoms with van der Waals surface area (Å²) < 4.78 is 11.6. The number of amides is 1. The molecule has 3 aromatic rings. The van der Waals surface area contributed by atoms with Crippen LogP contribution in [0.5, 0.6) is 11.5 Å². The fourth-order valence-corrected chi connectivity index (χ4v) is 2.79. The second-order valence-electron chi connectivity index (χ2n) is 6.40. The van der Waals surface area contributed by atoms with Crippen molar-refractivity contribution >= 4 is 11.7 Å². The number of methoxy groups -OCH3 is 2. The van der Waals surface area contributed by atoms with Gasteiger partial charge in [0.2, 0.25) is 5.91 Å². The van der Waals surface area contributed by atoms with E-state index < -0.39 is 17.5 Å². The molecule has 0 radical (unpaired) electrons. The number of aryl methyl sites for hydroxylation is 1. The highest BCUT2D eigenvalue weighted by Gasteiger charge is 2.21. The van der Waals surface area contributed by atoms with Crippen LogP contribution in [0, 0.1) is 6.92 Å². The van der Waals surface area contributed by atoms with Crippen LogP contribution in [0.1, 0.15) is 18.7 Å². The average Bonchev–Trinajstić information content (AvgIpc) is 2.73. The smallest absolute Gasteiger partial charge is 0.271 e. The van der Waals surface area contributed by atoms with Crippen LogP contribution in [-0.4, -0.2) is 34.9 Å². The molecule has 0 fully saturated rings. The largest absolute Gasteiger partial charge is 0.497 e. The first-order valence-corrected chi connectivity index (χ1v) is 8.99. The van der Waals surface area contributed by atoms with Gasteiger partial charge < -0.3 is 14.8 Å². The van der Waals surface area contributed by atoms with Crippen molar-refractivity contribution in [2.45, 2.75) is 19.9 Å². The van der Waals surface area contributed by atoms with E-state index >= 15 is 0 Å². The molecule has 0 aliphatic rings. The van der Waals surface area contributed by atoms with E-state index in [1.165, 1.54) is 13.2 Å². The van der Waals surface area contributed by atoms with E-state index in [4.69, 9.17) is 9.47 Å². The second kappa shape index (κ2) is 8.55. The number of nitrogens with zero attached hydrogens (tertiary/aromatic N) is 3. The molecule has 8 heteroatoms. The third kappa shape index (κ3) is 4.43. The van der Waals surface area contributed by atoms with Gasteiger partial charge in [0.15, 0.2) is 5.75 Å². The first-order chi connectivity index (χ1) is 13.9. The van der Waals surface area contributed by atoms with Crippen molar-refractivity contribution in [3.8, 4) is 22.8 Å². The zero-order valence-electron chi connectivity index (χ0n) is 16.7.